The van der Waals surface area contributed by atoms with Gasteiger partial charge >= 0.3 is 12.0 Å². The quantitative estimate of drug-likeness (QED) is 0.556. The summed E-state index contributed by atoms with van der Waals surface area (Å²) < 4.78 is 20.4. The number of amides is 2. The molecule has 1 aliphatic rings. The average Bonchev–Trinajstić information content (AvgIpc) is 2.62. The monoisotopic (exact) mass is 440 g/mol. The Hall–Kier alpha value is -2.28. The lowest BCUT2D eigenvalue weighted by Gasteiger charge is -2.42. The molecule has 1 aliphatic heterocycles. The fourth-order valence-electron chi connectivity index (χ4n) is 3.44. The highest BCUT2D eigenvalue weighted by molar-refractivity contribution is 6.32. The lowest BCUT2D eigenvalue weighted by molar-refractivity contribution is -0.137. The van der Waals surface area contributed by atoms with Crippen LogP contribution >= 0.6 is 11.6 Å². The molecule has 8 heteroatoms. The molecule has 0 radical (unpaired) electrons. The molecule has 0 bridgehead atoms. The molecule has 2 rings (SSSR count). The van der Waals surface area contributed by atoms with Crippen molar-refractivity contribution in [3.05, 3.63) is 40.3 Å². The molecule has 30 heavy (non-hydrogen) atoms. The van der Waals surface area contributed by atoms with Crippen LogP contribution in [0.25, 0.3) is 0 Å². The number of nitrogens with one attached hydrogen (secondary N) is 1. The molecule has 0 fully saturated rings. The first-order chi connectivity index (χ1) is 14.0. The van der Waals surface area contributed by atoms with Gasteiger partial charge in [0.25, 0.3) is 0 Å². The third-order valence-electron chi connectivity index (χ3n) is 5.20. The molecule has 1 atom stereocenters. The minimum atomic E-state index is -0.994. The van der Waals surface area contributed by atoms with Crippen molar-refractivity contribution in [2.45, 2.75) is 53.0 Å². The maximum Gasteiger partial charge on any atom is 0.322 e. The van der Waals surface area contributed by atoms with Crippen LogP contribution in [0.5, 0.6) is 5.75 Å². The van der Waals surface area contributed by atoms with Crippen LogP contribution < -0.4 is 10.1 Å². The lowest BCUT2D eigenvalue weighted by atomic mass is 9.78. The van der Waals surface area contributed by atoms with Crippen LogP contribution in [0.3, 0.4) is 0 Å². The topological polar surface area (TPSA) is 78.9 Å². The number of urea groups is 1. The van der Waals surface area contributed by atoms with Gasteiger partial charge in [0.05, 0.1) is 23.6 Å². The second kappa shape index (κ2) is 9.69. The number of carbonyl (C=O) groups is 2. The molecular formula is C22H30ClFN2O4. The van der Waals surface area contributed by atoms with Crippen LogP contribution in [-0.2, 0) is 10.3 Å². The number of halogens is 2. The Balaban J connectivity index is 2.39. The van der Waals surface area contributed by atoms with Gasteiger partial charge in [-0.05, 0) is 48.4 Å². The van der Waals surface area contributed by atoms with Crippen LogP contribution in [0.4, 0.5) is 9.18 Å². The fraction of sp³-hybridized carbons (Fsp3) is 0.545. The molecular weight excluding hydrogens is 411 g/mol. The van der Waals surface area contributed by atoms with Crippen molar-refractivity contribution in [3.63, 3.8) is 0 Å². The zero-order chi connectivity index (χ0) is 22.6. The van der Waals surface area contributed by atoms with E-state index in [0.29, 0.717) is 18.1 Å². The van der Waals surface area contributed by atoms with Gasteiger partial charge in [-0.2, -0.15) is 0 Å². The minimum absolute atomic E-state index is 0.00460. The number of carbonyl (C=O) groups excluding carboxylic acids is 1. The fourth-order valence-corrected chi connectivity index (χ4v) is 3.71. The molecule has 0 spiro atoms. The summed E-state index contributed by atoms with van der Waals surface area (Å²) in [6.45, 7) is 10.2. The maximum atomic E-state index is 14.9. The smallest absolute Gasteiger partial charge is 0.322 e. The first kappa shape index (κ1) is 24.0. The molecule has 2 N–H and O–H groups in total. The Morgan fingerprint density at radius 1 is 1.33 bits per heavy atom. The summed E-state index contributed by atoms with van der Waals surface area (Å²) in [7, 11) is 0. The second-order valence-corrected chi connectivity index (χ2v) is 8.84. The van der Waals surface area contributed by atoms with E-state index in [1.807, 2.05) is 13.8 Å². The van der Waals surface area contributed by atoms with Crippen molar-refractivity contribution < 1.29 is 23.8 Å². The number of carboxylic acid groups (broad SMARTS) is 1. The van der Waals surface area contributed by atoms with E-state index in [4.69, 9.17) is 21.4 Å². The zero-order valence-electron chi connectivity index (χ0n) is 18.1. The molecule has 0 saturated heterocycles. The SMILES string of the molecule is CC(C)CCOc1c(F)cc([C@]2(C)NC(=O)N(CCC(=O)O)C=C2C(C)C)cc1Cl. The first-order valence-corrected chi connectivity index (χ1v) is 10.5. The Morgan fingerprint density at radius 3 is 2.53 bits per heavy atom. The van der Waals surface area contributed by atoms with Crippen molar-refractivity contribution in [1.29, 1.82) is 0 Å². The van der Waals surface area contributed by atoms with Gasteiger partial charge in [0.1, 0.15) is 0 Å². The summed E-state index contributed by atoms with van der Waals surface area (Å²) in [6.07, 6.45) is 2.26. The Labute approximate surface area is 182 Å². The van der Waals surface area contributed by atoms with Gasteiger partial charge in [-0.15, -0.1) is 0 Å². The first-order valence-electron chi connectivity index (χ1n) is 10.1. The summed E-state index contributed by atoms with van der Waals surface area (Å²) in [4.78, 5) is 24.9. The van der Waals surface area contributed by atoms with Crippen LogP contribution in [0.1, 0.15) is 53.0 Å². The van der Waals surface area contributed by atoms with Crippen molar-refractivity contribution in [2.75, 3.05) is 13.2 Å². The Bertz CT molecular complexity index is 817. The number of ether oxygens (including phenoxy) is 1. The maximum absolute atomic E-state index is 14.9. The Kier molecular flexibility index (Phi) is 7.75. The summed E-state index contributed by atoms with van der Waals surface area (Å²) in [5.41, 5.74) is 0.315. The molecule has 6 nitrogen and oxygen atoms in total. The van der Waals surface area contributed by atoms with Crippen LogP contribution in [0, 0.1) is 17.7 Å². The van der Waals surface area contributed by atoms with E-state index in [1.165, 1.54) is 11.0 Å². The number of nitrogens with zero attached hydrogens (tertiary/aromatic N) is 1. The van der Waals surface area contributed by atoms with Crippen molar-refractivity contribution in [3.8, 4) is 5.75 Å². The molecule has 166 valence electrons. The van der Waals surface area contributed by atoms with Gasteiger partial charge in [-0.3, -0.25) is 4.79 Å². The molecule has 2 amide bonds. The molecule has 1 aromatic carbocycles. The number of hydrogen-bond acceptors (Lipinski definition) is 3. The van der Waals surface area contributed by atoms with Crippen molar-refractivity contribution in [2.24, 2.45) is 11.8 Å². The largest absolute Gasteiger partial charge is 0.489 e. The van der Waals surface area contributed by atoms with Gasteiger partial charge in [0.15, 0.2) is 11.6 Å². The number of carboxylic acids is 1. The summed E-state index contributed by atoms with van der Waals surface area (Å²) in [6, 6.07) is 2.50. The highest BCUT2D eigenvalue weighted by Crippen LogP contribution is 2.40. The predicted molar refractivity (Wildman–Crippen MR) is 114 cm³/mol. The van der Waals surface area contributed by atoms with E-state index >= 15 is 0 Å². The molecule has 0 saturated carbocycles. The molecule has 0 unspecified atom stereocenters. The third kappa shape index (κ3) is 5.45. The van der Waals surface area contributed by atoms with Crippen molar-refractivity contribution in [1.82, 2.24) is 10.2 Å². The average molecular weight is 441 g/mol. The van der Waals surface area contributed by atoms with Gasteiger partial charge in [-0.1, -0.05) is 39.3 Å². The summed E-state index contributed by atoms with van der Waals surface area (Å²) >= 11 is 6.34. The second-order valence-electron chi connectivity index (χ2n) is 8.43. The Morgan fingerprint density at radius 2 is 2.00 bits per heavy atom. The number of benzene rings is 1. The van der Waals surface area contributed by atoms with Crippen molar-refractivity contribution >= 4 is 23.6 Å². The molecule has 1 aromatic rings. The molecule has 0 aromatic heterocycles. The molecule has 1 heterocycles. The van der Waals surface area contributed by atoms with E-state index < -0.39 is 23.4 Å². The lowest BCUT2D eigenvalue weighted by Crippen LogP contribution is -2.55. The van der Waals surface area contributed by atoms with E-state index in [9.17, 15) is 14.0 Å². The highest BCUT2D eigenvalue weighted by atomic mass is 35.5. The van der Waals surface area contributed by atoms with Crippen LogP contribution in [-0.4, -0.2) is 35.2 Å². The highest BCUT2D eigenvalue weighted by Gasteiger charge is 2.40. The van der Waals surface area contributed by atoms with Gasteiger partial charge < -0.3 is 20.1 Å². The minimum Gasteiger partial charge on any atom is -0.489 e. The van der Waals surface area contributed by atoms with Gasteiger partial charge in [0.2, 0.25) is 0 Å². The number of rotatable bonds is 9. The number of aliphatic carboxylic acids is 1. The summed E-state index contributed by atoms with van der Waals surface area (Å²) in [5.74, 6) is -1.15. The van der Waals surface area contributed by atoms with Gasteiger partial charge in [0, 0.05) is 12.7 Å². The van der Waals surface area contributed by atoms with E-state index in [0.717, 1.165) is 12.0 Å². The normalized spacial score (nSPS) is 19.2. The van der Waals surface area contributed by atoms with E-state index in [1.54, 1.807) is 19.2 Å². The van der Waals surface area contributed by atoms with Gasteiger partial charge in [-0.25, -0.2) is 9.18 Å². The number of hydrogen-bond donors (Lipinski definition) is 2. The molecule has 0 aliphatic carbocycles. The zero-order valence-corrected chi connectivity index (χ0v) is 18.8. The van der Waals surface area contributed by atoms with E-state index in [2.05, 4.69) is 19.2 Å². The predicted octanol–water partition coefficient (Wildman–Crippen LogP) is 5.16. The van der Waals surface area contributed by atoms with E-state index in [-0.39, 0.29) is 29.7 Å². The van der Waals surface area contributed by atoms with Crippen LogP contribution in [0.2, 0.25) is 5.02 Å². The standard InChI is InChI=1S/C22H30ClFN2O4/c1-13(2)7-9-30-20-17(23)10-15(11-18(20)24)22(5)16(14(3)4)12-26(21(29)25-22)8-6-19(27)28/h10-14H,6-9H2,1-5H3,(H,25,29)(H,27,28)/t22-/m0/s1. The van der Waals surface area contributed by atoms with Crippen LogP contribution in [0.15, 0.2) is 23.9 Å². The third-order valence-corrected chi connectivity index (χ3v) is 5.48. The summed E-state index contributed by atoms with van der Waals surface area (Å²) in [5, 5.41) is 12.0.